The number of hydrogen-bond acceptors (Lipinski definition) is 5. The first kappa shape index (κ1) is 13.7. The summed E-state index contributed by atoms with van der Waals surface area (Å²) in [6, 6.07) is 8.14. The van der Waals surface area contributed by atoms with E-state index < -0.39 is 5.97 Å². The van der Waals surface area contributed by atoms with Crippen LogP contribution in [0.25, 0.3) is 0 Å². The standard InChI is InChI=1S/C14H15N3O3/c1-2-20-13-6-4-10(8-16-13)17-12-5-3-9(15)7-11(12)14(18)19/h3-8,17H,2,15H2,1H3,(H,18,19). The van der Waals surface area contributed by atoms with Gasteiger partial charge in [-0.25, -0.2) is 9.78 Å². The second-order valence-electron chi connectivity index (χ2n) is 4.05. The van der Waals surface area contributed by atoms with E-state index in [-0.39, 0.29) is 5.56 Å². The number of carboxylic acids is 1. The lowest BCUT2D eigenvalue weighted by Crippen LogP contribution is -2.04. The Hall–Kier alpha value is -2.76. The molecule has 6 heteroatoms. The van der Waals surface area contributed by atoms with E-state index in [2.05, 4.69) is 10.3 Å². The molecule has 0 saturated heterocycles. The molecular weight excluding hydrogens is 258 g/mol. The van der Waals surface area contributed by atoms with E-state index in [1.165, 1.54) is 6.07 Å². The first-order chi connectivity index (χ1) is 9.60. The smallest absolute Gasteiger partial charge is 0.337 e. The maximum Gasteiger partial charge on any atom is 0.337 e. The molecule has 4 N–H and O–H groups in total. The molecule has 20 heavy (non-hydrogen) atoms. The number of aromatic nitrogens is 1. The Morgan fingerprint density at radius 2 is 2.20 bits per heavy atom. The summed E-state index contributed by atoms with van der Waals surface area (Å²) in [6.07, 6.45) is 1.58. The van der Waals surface area contributed by atoms with Gasteiger partial charge in [-0.05, 0) is 31.2 Å². The van der Waals surface area contributed by atoms with Gasteiger partial charge in [0.2, 0.25) is 5.88 Å². The summed E-state index contributed by atoms with van der Waals surface area (Å²) in [7, 11) is 0. The highest BCUT2D eigenvalue weighted by molar-refractivity contribution is 5.96. The maximum absolute atomic E-state index is 11.2. The molecule has 6 nitrogen and oxygen atoms in total. The number of nitrogens with one attached hydrogen (secondary N) is 1. The molecule has 0 amide bonds. The van der Waals surface area contributed by atoms with Crippen molar-refractivity contribution in [2.45, 2.75) is 6.92 Å². The molecule has 0 radical (unpaired) electrons. The van der Waals surface area contributed by atoms with E-state index in [1.807, 2.05) is 6.92 Å². The number of hydrogen-bond donors (Lipinski definition) is 3. The van der Waals surface area contributed by atoms with Crippen molar-refractivity contribution in [3.8, 4) is 5.88 Å². The van der Waals surface area contributed by atoms with Crippen LogP contribution in [0.1, 0.15) is 17.3 Å². The van der Waals surface area contributed by atoms with Crippen LogP contribution in [0.15, 0.2) is 36.5 Å². The number of pyridine rings is 1. The van der Waals surface area contributed by atoms with Gasteiger partial charge >= 0.3 is 5.97 Å². The minimum Gasteiger partial charge on any atom is -0.478 e. The van der Waals surface area contributed by atoms with Crippen LogP contribution >= 0.6 is 0 Å². The number of ether oxygens (including phenoxy) is 1. The summed E-state index contributed by atoms with van der Waals surface area (Å²) in [5, 5.41) is 12.1. The van der Waals surface area contributed by atoms with Crippen LogP contribution < -0.4 is 15.8 Å². The number of benzene rings is 1. The maximum atomic E-state index is 11.2. The van der Waals surface area contributed by atoms with Crippen molar-refractivity contribution >= 4 is 23.0 Å². The third-order valence-electron chi connectivity index (χ3n) is 2.58. The van der Waals surface area contributed by atoms with Gasteiger partial charge in [0.15, 0.2) is 0 Å². The number of carboxylic acid groups (broad SMARTS) is 1. The Morgan fingerprint density at radius 1 is 1.40 bits per heavy atom. The fraction of sp³-hybridized carbons (Fsp3) is 0.143. The molecule has 2 rings (SSSR count). The number of nitrogens with two attached hydrogens (primary N) is 1. The van der Waals surface area contributed by atoms with Gasteiger partial charge in [-0.15, -0.1) is 0 Å². The Bertz CT molecular complexity index is 612. The molecule has 0 fully saturated rings. The van der Waals surface area contributed by atoms with Gasteiger partial charge in [-0.1, -0.05) is 0 Å². The van der Waals surface area contributed by atoms with Crippen LogP contribution in [0.4, 0.5) is 17.1 Å². The summed E-state index contributed by atoms with van der Waals surface area (Å²) in [5.41, 5.74) is 7.23. The number of anilines is 3. The lowest BCUT2D eigenvalue weighted by Gasteiger charge is -2.10. The molecule has 1 aromatic carbocycles. The van der Waals surface area contributed by atoms with Crippen LogP contribution in [-0.2, 0) is 0 Å². The van der Waals surface area contributed by atoms with E-state index in [9.17, 15) is 4.79 Å². The van der Waals surface area contributed by atoms with Crippen molar-refractivity contribution in [1.29, 1.82) is 0 Å². The monoisotopic (exact) mass is 273 g/mol. The van der Waals surface area contributed by atoms with E-state index in [4.69, 9.17) is 15.6 Å². The molecule has 0 spiro atoms. The lowest BCUT2D eigenvalue weighted by atomic mass is 10.1. The van der Waals surface area contributed by atoms with Crippen molar-refractivity contribution in [2.24, 2.45) is 0 Å². The zero-order valence-electron chi connectivity index (χ0n) is 11.0. The van der Waals surface area contributed by atoms with Crippen molar-refractivity contribution in [1.82, 2.24) is 4.98 Å². The third-order valence-corrected chi connectivity index (χ3v) is 2.58. The third kappa shape index (κ3) is 3.17. The summed E-state index contributed by atoms with van der Waals surface area (Å²) in [6.45, 7) is 2.42. The van der Waals surface area contributed by atoms with Crippen LogP contribution in [0.2, 0.25) is 0 Å². The molecule has 0 saturated carbocycles. The normalized spacial score (nSPS) is 10.1. The molecule has 0 unspecified atom stereocenters. The van der Waals surface area contributed by atoms with Gasteiger partial charge in [0.25, 0.3) is 0 Å². The Labute approximate surface area is 116 Å². The molecule has 0 aliphatic heterocycles. The molecule has 0 aliphatic rings. The van der Waals surface area contributed by atoms with Crippen molar-refractivity contribution in [2.75, 3.05) is 17.7 Å². The van der Waals surface area contributed by atoms with Crippen molar-refractivity contribution in [3.05, 3.63) is 42.1 Å². The largest absolute Gasteiger partial charge is 0.478 e. The fourth-order valence-electron chi connectivity index (χ4n) is 1.69. The highest BCUT2D eigenvalue weighted by Crippen LogP contribution is 2.23. The highest BCUT2D eigenvalue weighted by atomic mass is 16.5. The van der Waals surface area contributed by atoms with Crippen LogP contribution in [0, 0.1) is 0 Å². The molecular formula is C14H15N3O3. The van der Waals surface area contributed by atoms with Gasteiger partial charge in [-0.3, -0.25) is 0 Å². The van der Waals surface area contributed by atoms with Crippen molar-refractivity contribution in [3.63, 3.8) is 0 Å². The number of nitrogens with zero attached hydrogens (tertiary/aromatic N) is 1. The molecule has 104 valence electrons. The molecule has 0 aliphatic carbocycles. The average molecular weight is 273 g/mol. The first-order valence-electron chi connectivity index (χ1n) is 6.09. The summed E-state index contributed by atoms with van der Waals surface area (Å²) in [4.78, 5) is 15.3. The SMILES string of the molecule is CCOc1ccc(Nc2ccc(N)cc2C(=O)O)cn1. The second-order valence-corrected chi connectivity index (χ2v) is 4.05. The van der Waals surface area contributed by atoms with E-state index in [0.29, 0.717) is 29.5 Å². The average Bonchev–Trinajstić information content (AvgIpc) is 2.43. The van der Waals surface area contributed by atoms with E-state index in [0.717, 1.165) is 0 Å². The number of nitrogen functional groups attached to an aromatic ring is 1. The predicted molar refractivity (Wildman–Crippen MR) is 76.5 cm³/mol. The molecule has 0 bridgehead atoms. The second kappa shape index (κ2) is 5.92. The van der Waals surface area contributed by atoms with E-state index in [1.54, 1.807) is 30.5 Å². The fourth-order valence-corrected chi connectivity index (χ4v) is 1.69. The summed E-state index contributed by atoms with van der Waals surface area (Å²) in [5.74, 6) is -0.521. The number of carbonyl (C=O) groups is 1. The molecule has 1 heterocycles. The summed E-state index contributed by atoms with van der Waals surface area (Å²) >= 11 is 0. The molecule has 1 aromatic heterocycles. The Kier molecular flexibility index (Phi) is 4.05. The minimum atomic E-state index is -1.04. The van der Waals surface area contributed by atoms with Crippen molar-refractivity contribution < 1.29 is 14.6 Å². The quantitative estimate of drug-likeness (QED) is 0.724. The molecule has 2 aromatic rings. The number of aromatic carboxylic acids is 1. The predicted octanol–water partition coefficient (Wildman–Crippen LogP) is 2.50. The van der Waals surface area contributed by atoms with E-state index >= 15 is 0 Å². The van der Waals surface area contributed by atoms with Gasteiger partial charge in [-0.2, -0.15) is 0 Å². The van der Waals surface area contributed by atoms with Crippen LogP contribution in [0.3, 0.4) is 0 Å². The zero-order valence-corrected chi connectivity index (χ0v) is 11.0. The zero-order chi connectivity index (χ0) is 14.5. The van der Waals surface area contributed by atoms with Gasteiger partial charge in [0.05, 0.1) is 29.7 Å². The van der Waals surface area contributed by atoms with Gasteiger partial charge in [0, 0.05) is 11.8 Å². The number of rotatable bonds is 5. The lowest BCUT2D eigenvalue weighted by molar-refractivity contribution is 0.0698. The highest BCUT2D eigenvalue weighted by Gasteiger charge is 2.10. The minimum absolute atomic E-state index is 0.110. The molecule has 0 atom stereocenters. The first-order valence-corrected chi connectivity index (χ1v) is 6.09. The van der Waals surface area contributed by atoms with Crippen LogP contribution in [-0.4, -0.2) is 22.7 Å². The topological polar surface area (TPSA) is 97.5 Å². The Morgan fingerprint density at radius 3 is 2.80 bits per heavy atom. The Balaban J connectivity index is 2.23. The van der Waals surface area contributed by atoms with Crippen LogP contribution in [0.5, 0.6) is 5.88 Å². The van der Waals surface area contributed by atoms with Gasteiger partial charge < -0.3 is 20.9 Å². The summed E-state index contributed by atoms with van der Waals surface area (Å²) < 4.78 is 5.24. The van der Waals surface area contributed by atoms with Gasteiger partial charge in [0.1, 0.15) is 0 Å².